The van der Waals surface area contributed by atoms with E-state index in [2.05, 4.69) is 22.6 Å². The molecular formula is C26H20Cl2INO3S3. The lowest BCUT2D eigenvalue weighted by Crippen LogP contribution is -2.27. The fraction of sp³-hybridized carbons (Fsp3) is 0.154. The predicted octanol–water partition coefficient (Wildman–Crippen LogP) is 8.70. The number of anilines is 1. The monoisotopic (exact) mass is 687 g/mol. The third kappa shape index (κ3) is 6.34. The van der Waals surface area contributed by atoms with Gasteiger partial charge in [-0.2, -0.15) is 0 Å². The first-order valence-electron chi connectivity index (χ1n) is 10.8. The summed E-state index contributed by atoms with van der Waals surface area (Å²) in [7, 11) is 0. The number of amides is 1. The molecule has 0 saturated carbocycles. The van der Waals surface area contributed by atoms with Gasteiger partial charge in [0.2, 0.25) is 0 Å². The maximum atomic E-state index is 13.3. The van der Waals surface area contributed by atoms with Gasteiger partial charge in [0.1, 0.15) is 6.61 Å². The fourth-order valence-corrected chi connectivity index (χ4v) is 6.45. The fourth-order valence-electron chi connectivity index (χ4n) is 3.45. The Morgan fingerprint density at radius 3 is 2.67 bits per heavy atom. The Morgan fingerprint density at radius 1 is 1.14 bits per heavy atom. The second-order valence-electron chi connectivity index (χ2n) is 7.51. The lowest BCUT2D eigenvalue weighted by molar-refractivity contribution is -0.113. The van der Waals surface area contributed by atoms with Crippen LogP contribution in [0, 0.1) is 3.57 Å². The lowest BCUT2D eigenvalue weighted by Gasteiger charge is -2.16. The summed E-state index contributed by atoms with van der Waals surface area (Å²) in [6, 6.07) is 16.9. The van der Waals surface area contributed by atoms with Crippen molar-refractivity contribution in [2.24, 2.45) is 0 Å². The van der Waals surface area contributed by atoms with Crippen LogP contribution in [0.2, 0.25) is 10.0 Å². The van der Waals surface area contributed by atoms with Gasteiger partial charge in [0.15, 0.2) is 15.8 Å². The van der Waals surface area contributed by atoms with Crippen molar-refractivity contribution in [1.29, 1.82) is 0 Å². The highest BCUT2D eigenvalue weighted by Crippen LogP contribution is 2.40. The van der Waals surface area contributed by atoms with Crippen LogP contribution in [-0.4, -0.2) is 23.1 Å². The van der Waals surface area contributed by atoms with Crippen molar-refractivity contribution in [2.75, 3.05) is 17.8 Å². The summed E-state index contributed by atoms with van der Waals surface area (Å²) < 4.78 is 13.3. The SMILES string of the molecule is CCOc1cc(/C=C2/SC(=S)N(c3cccc(SC)c3)C2=O)cc(I)c1OCc1ccc(Cl)cc1Cl. The Balaban J connectivity index is 1.60. The van der Waals surface area contributed by atoms with Gasteiger partial charge < -0.3 is 9.47 Å². The van der Waals surface area contributed by atoms with E-state index in [1.54, 1.807) is 28.8 Å². The van der Waals surface area contributed by atoms with Crippen molar-refractivity contribution in [3.63, 3.8) is 0 Å². The highest BCUT2D eigenvalue weighted by molar-refractivity contribution is 14.1. The zero-order valence-electron chi connectivity index (χ0n) is 19.2. The molecule has 0 N–H and O–H groups in total. The van der Waals surface area contributed by atoms with Crippen molar-refractivity contribution in [3.8, 4) is 11.5 Å². The zero-order valence-corrected chi connectivity index (χ0v) is 25.3. The molecule has 4 nitrogen and oxygen atoms in total. The van der Waals surface area contributed by atoms with E-state index < -0.39 is 0 Å². The third-order valence-corrected chi connectivity index (χ3v) is 8.54. The van der Waals surface area contributed by atoms with Gasteiger partial charge in [0.25, 0.3) is 5.91 Å². The van der Waals surface area contributed by atoms with Gasteiger partial charge in [-0.25, -0.2) is 0 Å². The molecule has 0 atom stereocenters. The minimum atomic E-state index is -0.145. The van der Waals surface area contributed by atoms with Crippen LogP contribution < -0.4 is 14.4 Å². The number of halogens is 3. The number of carbonyl (C=O) groups is 1. The smallest absolute Gasteiger partial charge is 0.270 e. The number of rotatable bonds is 8. The summed E-state index contributed by atoms with van der Waals surface area (Å²) in [5, 5.41) is 1.11. The molecule has 1 aliphatic rings. The van der Waals surface area contributed by atoms with E-state index in [-0.39, 0.29) is 12.5 Å². The number of hydrogen-bond acceptors (Lipinski definition) is 6. The van der Waals surface area contributed by atoms with Gasteiger partial charge >= 0.3 is 0 Å². The van der Waals surface area contributed by atoms with Crippen molar-refractivity contribution in [1.82, 2.24) is 0 Å². The predicted molar refractivity (Wildman–Crippen MR) is 165 cm³/mol. The maximum Gasteiger partial charge on any atom is 0.270 e. The summed E-state index contributed by atoms with van der Waals surface area (Å²) in [6.07, 6.45) is 3.83. The van der Waals surface area contributed by atoms with Crippen LogP contribution in [0.3, 0.4) is 0 Å². The number of thiocarbonyl (C=S) groups is 1. The van der Waals surface area contributed by atoms with Gasteiger partial charge in [-0.1, -0.05) is 59.3 Å². The number of nitrogens with zero attached hydrogens (tertiary/aromatic N) is 1. The molecule has 0 radical (unpaired) electrons. The van der Waals surface area contributed by atoms with Crippen LogP contribution in [0.25, 0.3) is 6.08 Å². The van der Waals surface area contributed by atoms with Crippen molar-refractivity contribution in [2.45, 2.75) is 18.4 Å². The van der Waals surface area contributed by atoms with E-state index in [9.17, 15) is 4.79 Å². The van der Waals surface area contributed by atoms with Crippen LogP contribution in [-0.2, 0) is 11.4 Å². The topological polar surface area (TPSA) is 38.8 Å². The van der Waals surface area contributed by atoms with Gasteiger partial charge in [-0.05, 0) is 89.9 Å². The molecule has 3 aromatic rings. The molecule has 1 amide bonds. The molecule has 3 aromatic carbocycles. The lowest BCUT2D eigenvalue weighted by atomic mass is 10.1. The van der Waals surface area contributed by atoms with Crippen molar-refractivity contribution in [3.05, 3.63) is 84.2 Å². The summed E-state index contributed by atoms with van der Waals surface area (Å²) in [5.74, 6) is 1.06. The largest absolute Gasteiger partial charge is 0.490 e. The molecule has 0 aliphatic carbocycles. The maximum absolute atomic E-state index is 13.3. The molecule has 1 heterocycles. The Hall–Kier alpha value is -1.43. The Morgan fingerprint density at radius 2 is 1.94 bits per heavy atom. The van der Waals surface area contributed by atoms with E-state index in [0.717, 1.165) is 25.3 Å². The van der Waals surface area contributed by atoms with E-state index >= 15 is 0 Å². The van der Waals surface area contributed by atoms with Crippen LogP contribution in [0.15, 0.2) is 64.4 Å². The van der Waals surface area contributed by atoms with Crippen molar-refractivity contribution < 1.29 is 14.3 Å². The zero-order chi connectivity index (χ0) is 25.8. The third-order valence-electron chi connectivity index (χ3n) is 5.12. The number of ether oxygens (including phenoxy) is 2. The number of carbonyl (C=O) groups excluding carboxylic acids is 1. The van der Waals surface area contributed by atoms with Crippen molar-refractivity contribution >= 4 is 104 Å². The summed E-state index contributed by atoms with van der Waals surface area (Å²) in [5.41, 5.74) is 2.40. The highest BCUT2D eigenvalue weighted by Gasteiger charge is 2.33. The summed E-state index contributed by atoms with van der Waals surface area (Å²) >= 11 is 23.0. The minimum absolute atomic E-state index is 0.145. The second kappa shape index (κ2) is 12.4. The average Bonchev–Trinajstić information content (AvgIpc) is 3.12. The first-order valence-corrected chi connectivity index (χ1v) is 15.0. The molecule has 10 heteroatoms. The summed E-state index contributed by atoms with van der Waals surface area (Å²) in [4.78, 5) is 16.5. The van der Waals surface area contributed by atoms with E-state index in [1.165, 1.54) is 11.8 Å². The molecule has 36 heavy (non-hydrogen) atoms. The van der Waals surface area contributed by atoms with Gasteiger partial charge in [-0.15, -0.1) is 11.8 Å². The number of thioether (sulfide) groups is 2. The van der Waals surface area contributed by atoms with Crippen LogP contribution in [0.1, 0.15) is 18.1 Å². The normalized spacial score (nSPS) is 14.6. The molecule has 1 fully saturated rings. The molecule has 4 rings (SSSR count). The number of benzene rings is 3. The van der Waals surface area contributed by atoms with Crippen LogP contribution in [0.5, 0.6) is 11.5 Å². The van der Waals surface area contributed by atoms with Gasteiger partial charge in [0.05, 0.1) is 20.8 Å². The summed E-state index contributed by atoms with van der Waals surface area (Å²) in [6.45, 7) is 2.64. The second-order valence-corrected chi connectivity index (χ2v) is 12.1. The number of hydrogen-bond donors (Lipinski definition) is 0. The molecule has 186 valence electrons. The van der Waals surface area contributed by atoms with E-state index in [1.807, 2.05) is 61.7 Å². The quantitative estimate of drug-likeness (QED) is 0.102. The van der Waals surface area contributed by atoms with Crippen LogP contribution >= 0.6 is 81.5 Å². The molecule has 1 aliphatic heterocycles. The van der Waals surface area contributed by atoms with Gasteiger partial charge in [0, 0.05) is 20.5 Å². The first-order chi connectivity index (χ1) is 17.3. The minimum Gasteiger partial charge on any atom is -0.490 e. The average molecular weight is 688 g/mol. The highest BCUT2D eigenvalue weighted by atomic mass is 127. The standard InChI is InChI=1S/C26H20Cl2INO3S3/c1-3-32-22-10-15(9-21(29)24(22)33-14-16-7-8-17(27)12-20(16)28)11-23-25(31)30(26(34)36-23)18-5-4-6-19(13-18)35-2/h4-13H,3,14H2,1-2H3/b23-11+. The Labute approximate surface area is 247 Å². The molecule has 0 unspecified atom stereocenters. The molecule has 0 spiro atoms. The molecule has 0 aromatic heterocycles. The molecule has 0 bridgehead atoms. The Bertz CT molecular complexity index is 1370. The van der Waals surface area contributed by atoms with E-state index in [0.29, 0.717) is 37.4 Å². The molecule has 1 saturated heterocycles. The Kier molecular flexibility index (Phi) is 9.51. The van der Waals surface area contributed by atoms with Crippen LogP contribution in [0.4, 0.5) is 5.69 Å². The molecular weight excluding hydrogens is 668 g/mol. The first kappa shape index (κ1) is 27.6. The van der Waals surface area contributed by atoms with E-state index in [4.69, 9.17) is 44.9 Å². The van der Waals surface area contributed by atoms with Gasteiger partial charge in [-0.3, -0.25) is 9.69 Å².